The van der Waals surface area contributed by atoms with Crippen LogP contribution in [0.25, 0.3) is 0 Å². The Kier molecular flexibility index (Phi) is 7.46. The minimum Gasteiger partial charge on any atom is -0.395 e. The minimum atomic E-state index is 0.205. The maximum atomic E-state index is 9.17. The Morgan fingerprint density at radius 1 is 1.11 bits per heavy atom. The van der Waals surface area contributed by atoms with E-state index in [4.69, 9.17) is 0 Å². The van der Waals surface area contributed by atoms with Crippen LogP contribution in [0.1, 0.15) is 32.3 Å². The van der Waals surface area contributed by atoms with Gasteiger partial charge in [0.1, 0.15) is 0 Å². The number of para-hydroxylation sites is 1. The molecule has 0 radical (unpaired) electrons. The van der Waals surface area contributed by atoms with Crippen LogP contribution in [0, 0.1) is 0 Å². The van der Waals surface area contributed by atoms with Gasteiger partial charge in [-0.2, -0.15) is 0 Å². The average Bonchev–Trinajstić information content (AvgIpc) is 2.39. The minimum absolute atomic E-state index is 0.205. The SMILES string of the molecule is CCCNCc1ccccc1N(CCC)CCO. The predicted molar refractivity (Wildman–Crippen MR) is 78.0 cm³/mol. The van der Waals surface area contributed by atoms with Crippen molar-refractivity contribution in [2.45, 2.75) is 33.2 Å². The van der Waals surface area contributed by atoms with Crippen molar-refractivity contribution in [2.75, 3.05) is 31.1 Å². The lowest BCUT2D eigenvalue weighted by molar-refractivity contribution is 0.301. The molecule has 0 spiro atoms. The van der Waals surface area contributed by atoms with E-state index in [0.717, 1.165) is 32.5 Å². The molecule has 18 heavy (non-hydrogen) atoms. The quantitative estimate of drug-likeness (QED) is 0.661. The summed E-state index contributed by atoms with van der Waals surface area (Å²) < 4.78 is 0. The highest BCUT2D eigenvalue weighted by atomic mass is 16.3. The molecular weight excluding hydrogens is 224 g/mol. The van der Waals surface area contributed by atoms with Gasteiger partial charge in [-0.3, -0.25) is 0 Å². The fourth-order valence-corrected chi connectivity index (χ4v) is 2.11. The zero-order valence-electron chi connectivity index (χ0n) is 11.7. The molecule has 102 valence electrons. The molecular formula is C15H26N2O. The Bertz CT molecular complexity index is 322. The van der Waals surface area contributed by atoms with Gasteiger partial charge in [0.05, 0.1) is 6.61 Å². The molecule has 2 N–H and O–H groups in total. The number of aliphatic hydroxyl groups excluding tert-OH is 1. The van der Waals surface area contributed by atoms with E-state index in [1.807, 2.05) is 0 Å². The summed E-state index contributed by atoms with van der Waals surface area (Å²) in [5.74, 6) is 0. The van der Waals surface area contributed by atoms with E-state index in [9.17, 15) is 5.11 Å². The molecule has 0 aliphatic heterocycles. The predicted octanol–water partition coefficient (Wildman–Crippen LogP) is 2.39. The van der Waals surface area contributed by atoms with Crippen LogP contribution >= 0.6 is 0 Å². The molecule has 1 aromatic carbocycles. The first-order valence-corrected chi connectivity index (χ1v) is 6.97. The third kappa shape index (κ3) is 4.67. The molecule has 3 nitrogen and oxygen atoms in total. The number of nitrogens with one attached hydrogen (secondary N) is 1. The van der Waals surface area contributed by atoms with Crippen molar-refractivity contribution in [3.05, 3.63) is 29.8 Å². The van der Waals surface area contributed by atoms with Gasteiger partial charge in [-0.05, 0) is 31.0 Å². The summed E-state index contributed by atoms with van der Waals surface area (Å²) >= 11 is 0. The Labute approximate surface area is 111 Å². The largest absolute Gasteiger partial charge is 0.395 e. The van der Waals surface area contributed by atoms with E-state index in [2.05, 4.69) is 48.3 Å². The number of hydrogen-bond donors (Lipinski definition) is 2. The topological polar surface area (TPSA) is 35.5 Å². The van der Waals surface area contributed by atoms with Gasteiger partial charge in [0.2, 0.25) is 0 Å². The Morgan fingerprint density at radius 3 is 2.56 bits per heavy atom. The second-order valence-electron chi connectivity index (χ2n) is 4.52. The van der Waals surface area contributed by atoms with Gasteiger partial charge < -0.3 is 15.3 Å². The lowest BCUT2D eigenvalue weighted by Gasteiger charge is -2.26. The Hall–Kier alpha value is -1.06. The molecule has 0 bridgehead atoms. The first-order valence-electron chi connectivity index (χ1n) is 6.97. The van der Waals surface area contributed by atoms with E-state index in [1.54, 1.807) is 0 Å². The standard InChI is InChI=1S/C15H26N2O/c1-3-9-16-13-14-7-5-6-8-15(14)17(10-4-2)11-12-18/h5-8,16,18H,3-4,9-13H2,1-2H3. The fourth-order valence-electron chi connectivity index (χ4n) is 2.11. The Balaban J connectivity index is 2.76. The van der Waals surface area contributed by atoms with Crippen molar-refractivity contribution in [3.63, 3.8) is 0 Å². The average molecular weight is 250 g/mol. The summed E-state index contributed by atoms with van der Waals surface area (Å²) in [5.41, 5.74) is 2.56. The van der Waals surface area contributed by atoms with Gasteiger partial charge in [-0.25, -0.2) is 0 Å². The molecule has 0 fully saturated rings. The third-order valence-corrected chi connectivity index (χ3v) is 2.94. The number of anilines is 1. The summed E-state index contributed by atoms with van der Waals surface area (Å²) in [5, 5.41) is 12.6. The first-order chi connectivity index (χ1) is 8.83. The van der Waals surface area contributed by atoms with Gasteiger partial charge in [0.25, 0.3) is 0 Å². The van der Waals surface area contributed by atoms with Gasteiger partial charge >= 0.3 is 0 Å². The van der Waals surface area contributed by atoms with Gasteiger partial charge in [-0.15, -0.1) is 0 Å². The maximum Gasteiger partial charge on any atom is 0.0606 e. The molecule has 0 aliphatic carbocycles. The van der Waals surface area contributed by atoms with Crippen LogP contribution in [0.4, 0.5) is 5.69 Å². The van der Waals surface area contributed by atoms with Crippen LogP contribution in [0.2, 0.25) is 0 Å². The van der Waals surface area contributed by atoms with Crippen LogP contribution in [0.15, 0.2) is 24.3 Å². The van der Waals surface area contributed by atoms with Crippen molar-refractivity contribution in [3.8, 4) is 0 Å². The molecule has 0 saturated carbocycles. The maximum absolute atomic E-state index is 9.17. The lowest BCUT2D eigenvalue weighted by atomic mass is 10.1. The molecule has 0 unspecified atom stereocenters. The lowest BCUT2D eigenvalue weighted by Crippen LogP contribution is -2.29. The molecule has 0 saturated heterocycles. The summed E-state index contributed by atoms with van der Waals surface area (Å²) in [4.78, 5) is 2.27. The number of aliphatic hydroxyl groups is 1. The van der Waals surface area contributed by atoms with Crippen LogP contribution in [0.5, 0.6) is 0 Å². The van der Waals surface area contributed by atoms with Crippen molar-refractivity contribution >= 4 is 5.69 Å². The van der Waals surface area contributed by atoms with Crippen molar-refractivity contribution in [2.24, 2.45) is 0 Å². The molecule has 1 aromatic rings. The first kappa shape index (κ1) is 15.0. The highest BCUT2D eigenvalue weighted by Gasteiger charge is 2.09. The monoisotopic (exact) mass is 250 g/mol. The number of hydrogen-bond acceptors (Lipinski definition) is 3. The smallest absolute Gasteiger partial charge is 0.0606 e. The van der Waals surface area contributed by atoms with E-state index in [0.29, 0.717) is 6.54 Å². The van der Waals surface area contributed by atoms with Crippen LogP contribution in [-0.2, 0) is 6.54 Å². The molecule has 0 aromatic heterocycles. The highest BCUT2D eigenvalue weighted by Crippen LogP contribution is 2.20. The summed E-state index contributed by atoms with van der Waals surface area (Å²) in [7, 11) is 0. The van der Waals surface area contributed by atoms with Gasteiger partial charge in [0.15, 0.2) is 0 Å². The molecule has 0 amide bonds. The van der Waals surface area contributed by atoms with Crippen LogP contribution in [0.3, 0.4) is 0 Å². The van der Waals surface area contributed by atoms with Gasteiger partial charge in [-0.1, -0.05) is 32.0 Å². The van der Waals surface area contributed by atoms with E-state index in [1.165, 1.54) is 11.3 Å². The zero-order valence-corrected chi connectivity index (χ0v) is 11.7. The van der Waals surface area contributed by atoms with Crippen molar-refractivity contribution < 1.29 is 5.11 Å². The normalized spacial score (nSPS) is 10.6. The second-order valence-corrected chi connectivity index (χ2v) is 4.52. The number of benzene rings is 1. The zero-order chi connectivity index (χ0) is 13.2. The van der Waals surface area contributed by atoms with Crippen LogP contribution < -0.4 is 10.2 Å². The third-order valence-electron chi connectivity index (χ3n) is 2.94. The highest BCUT2D eigenvalue weighted by molar-refractivity contribution is 5.53. The summed E-state index contributed by atoms with van der Waals surface area (Å²) in [6.45, 7) is 8.19. The van der Waals surface area contributed by atoms with E-state index < -0.39 is 0 Å². The molecule has 0 heterocycles. The van der Waals surface area contributed by atoms with Crippen molar-refractivity contribution in [1.82, 2.24) is 5.32 Å². The molecule has 0 aliphatic rings. The van der Waals surface area contributed by atoms with Crippen LogP contribution in [-0.4, -0.2) is 31.3 Å². The summed E-state index contributed by atoms with van der Waals surface area (Å²) in [6.07, 6.45) is 2.24. The Morgan fingerprint density at radius 2 is 1.89 bits per heavy atom. The van der Waals surface area contributed by atoms with Gasteiger partial charge in [0, 0.05) is 25.3 Å². The molecule has 1 rings (SSSR count). The molecule has 3 heteroatoms. The van der Waals surface area contributed by atoms with E-state index in [-0.39, 0.29) is 6.61 Å². The summed E-state index contributed by atoms with van der Waals surface area (Å²) in [6, 6.07) is 8.46. The number of rotatable bonds is 9. The number of nitrogens with zero attached hydrogens (tertiary/aromatic N) is 1. The molecule has 0 atom stereocenters. The van der Waals surface area contributed by atoms with Crippen molar-refractivity contribution in [1.29, 1.82) is 0 Å². The second kappa shape index (κ2) is 8.95. The van der Waals surface area contributed by atoms with E-state index >= 15 is 0 Å². The fraction of sp³-hybridized carbons (Fsp3) is 0.600.